The molecule has 124 valence electrons. The number of imidazole rings is 1. The van der Waals surface area contributed by atoms with Crippen LogP contribution in [0.1, 0.15) is 16.1 Å². The third-order valence-corrected chi connectivity index (χ3v) is 4.14. The zero-order valence-electron chi connectivity index (χ0n) is 13.9. The number of amides is 1. The average Bonchev–Trinajstić information content (AvgIpc) is 3.03. The monoisotopic (exact) mass is 332 g/mol. The molecule has 0 aliphatic carbocycles. The van der Waals surface area contributed by atoms with Crippen LogP contribution in [0.3, 0.4) is 0 Å². The standard InChI is InChI=1S/C19H16N4O2/c1-12-15(9-13-7-8-14(25-2)10-17(13)21-12)19(24)22-23-11-20-16-5-3-4-6-18(16)23/h3-11H,1-2H3,(H,22,24). The molecule has 6 nitrogen and oxygen atoms in total. The third-order valence-electron chi connectivity index (χ3n) is 4.14. The minimum atomic E-state index is -0.231. The molecule has 2 aromatic heterocycles. The summed E-state index contributed by atoms with van der Waals surface area (Å²) in [6.45, 7) is 1.82. The predicted molar refractivity (Wildman–Crippen MR) is 96.5 cm³/mol. The normalized spacial score (nSPS) is 11.0. The number of aryl methyl sites for hydroxylation is 1. The average molecular weight is 332 g/mol. The highest BCUT2D eigenvalue weighted by molar-refractivity contribution is 6.03. The molecule has 0 atom stereocenters. The number of pyridine rings is 1. The number of carbonyl (C=O) groups is 1. The summed E-state index contributed by atoms with van der Waals surface area (Å²) in [6, 6.07) is 15.1. The maximum atomic E-state index is 12.7. The lowest BCUT2D eigenvalue weighted by Crippen LogP contribution is -2.23. The van der Waals surface area contributed by atoms with Gasteiger partial charge in [0.05, 0.1) is 34.9 Å². The number of para-hydroxylation sites is 2. The maximum absolute atomic E-state index is 12.7. The molecule has 4 rings (SSSR count). The molecular weight excluding hydrogens is 316 g/mol. The van der Waals surface area contributed by atoms with Crippen LogP contribution < -0.4 is 10.2 Å². The molecule has 4 aromatic rings. The van der Waals surface area contributed by atoms with Gasteiger partial charge in [-0.1, -0.05) is 12.1 Å². The topological polar surface area (TPSA) is 69.0 Å². The van der Waals surface area contributed by atoms with E-state index >= 15 is 0 Å². The van der Waals surface area contributed by atoms with Crippen molar-refractivity contribution in [3.8, 4) is 5.75 Å². The van der Waals surface area contributed by atoms with Crippen LogP contribution in [0.25, 0.3) is 21.9 Å². The third kappa shape index (κ3) is 2.67. The van der Waals surface area contributed by atoms with Gasteiger partial charge in [-0.3, -0.25) is 15.2 Å². The van der Waals surface area contributed by atoms with E-state index in [2.05, 4.69) is 15.4 Å². The van der Waals surface area contributed by atoms with E-state index in [0.29, 0.717) is 11.3 Å². The van der Waals surface area contributed by atoms with Crippen LogP contribution in [0.15, 0.2) is 54.9 Å². The molecule has 0 bridgehead atoms. The smallest absolute Gasteiger partial charge is 0.272 e. The number of nitrogens with one attached hydrogen (secondary N) is 1. The van der Waals surface area contributed by atoms with Gasteiger partial charge in [-0.25, -0.2) is 9.66 Å². The Morgan fingerprint density at radius 1 is 1.12 bits per heavy atom. The Bertz CT molecular complexity index is 1100. The Morgan fingerprint density at radius 3 is 2.80 bits per heavy atom. The van der Waals surface area contributed by atoms with Crippen LogP contribution in [0.5, 0.6) is 5.75 Å². The van der Waals surface area contributed by atoms with Crippen LogP contribution in [0, 0.1) is 6.92 Å². The summed E-state index contributed by atoms with van der Waals surface area (Å²) >= 11 is 0. The Kier molecular flexibility index (Phi) is 3.57. The van der Waals surface area contributed by atoms with Gasteiger partial charge in [0.25, 0.3) is 5.91 Å². The molecule has 0 aliphatic rings. The molecule has 6 heteroatoms. The first kappa shape index (κ1) is 15.1. The van der Waals surface area contributed by atoms with E-state index in [1.807, 2.05) is 55.5 Å². The van der Waals surface area contributed by atoms with Crippen LogP contribution in [0.2, 0.25) is 0 Å². The van der Waals surface area contributed by atoms with Crippen molar-refractivity contribution in [2.75, 3.05) is 12.5 Å². The van der Waals surface area contributed by atoms with Crippen molar-refractivity contribution in [3.05, 3.63) is 66.1 Å². The van der Waals surface area contributed by atoms with Crippen molar-refractivity contribution in [2.45, 2.75) is 6.92 Å². The molecule has 0 aliphatic heterocycles. The molecule has 0 saturated heterocycles. The van der Waals surface area contributed by atoms with Gasteiger partial charge in [0, 0.05) is 11.5 Å². The van der Waals surface area contributed by atoms with E-state index in [1.54, 1.807) is 18.1 Å². The molecule has 2 heterocycles. The zero-order valence-corrected chi connectivity index (χ0v) is 13.9. The van der Waals surface area contributed by atoms with Crippen LogP contribution >= 0.6 is 0 Å². The molecular formula is C19H16N4O2. The van der Waals surface area contributed by atoms with E-state index in [4.69, 9.17) is 4.74 Å². The van der Waals surface area contributed by atoms with Crippen molar-refractivity contribution >= 4 is 27.8 Å². The lowest BCUT2D eigenvalue weighted by Gasteiger charge is -2.10. The van der Waals surface area contributed by atoms with Gasteiger partial charge in [0.1, 0.15) is 12.1 Å². The number of carbonyl (C=O) groups excluding carboxylic acids is 1. The quantitative estimate of drug-likeness (QED) is 0.625. The summed E-state index contributed by atoms with van der Waals surface area (Å²) in [5.41, 5.74) is 6.49. The van der Waals surface area contributed by atoms with Gasteiger partial charge in [-0.05, 0) is 37.3 Å². The molecule has 0 unspecified atom stereocenters. The van der Waals surface area contributed by atoms with E-state index < -0.39 is 0 Å². The van der Waals surface area contributed by atoms with Gasteiger partial charge >= 0.3 is 0 Å². The molecule has 2 aromatic carbocycles. The number of rotatable bonds is 3. The molecule has 0 saturated carbocycles. The van der Waals surface area contributed by atoms with Crippen molar-refractivity contribution in [3.63, 3.8) is 0 Å². The lowest BCUT2D eigenvalue weighted by molar-refractivity contribution is 0.101. The van der Waals surface area contributed by atoms with Crippen molar-refractivity contribution in [2.24, 2.45) is 0 Å². The molecule has 1 amide bonds. The Balaban J connectivity index is 1.71. The van der Waals surface area contributed by atoms with E-state index in [-0.39, 0.29) is 5.91 Å². The number of hydrogen-bond donors (Lipinski definition) is 1. The van der Waals surface area contributed by atoms with Gasteiger partial charge in [0.2, 0.25) is 0 Å². The number of aromatic nitrogens is 3. The molecule has 1 N–H and O–H groups in total. The Labute approximate surface area is 144 Å². The van der Waals surface area contributed by atoms with Gasteiger partial charge < -0.3 is 4.74 Å². The van der Waals surface area contributed by atoms with Crippen molar-refractivity contribution in [1.29, 1.82) is 0 Å². The fourth-order valence-electron chi connectivity index (χ4n) is 2.82. The maximum Gasteiger partial charge on any atom is 0.272 e. The first-order valence-electron chi connectivity index (χ1n) is 7.84. The van der Waals surface area contributed by atoms with E-state index in [9.17, 15) is 4.79 Å². The van der Waals surface area contributed by atoms with Gasteiger partial charge in [0.15, 0.2) is 0 Å². The van der Waals surface area contributed by atoms with Crippen molar-refractivity contribution in [1.82, 2.24) is 14.6 Å². The Hall–Kier alpha value is -3.41. The summed E-state index contributed by atoms with van der Waals surface area (Å²) < 4.78 is 6.84. The number of ether oxygens (including phenoxy) is 1. The van der Waals surface area contributed by atoms with Crippen LogP contribution in [-0.2, 0) is 0 Å². The second-order valence-corrected chi connectivity index (χ2v) is 5.72. The molecule has 25 heavy (non-hydrogen) atoms. The zero-order chi connectivity index (χ0) is 17.4. The minimum absolute atomic E-state index is 0.231. The summed E-state index contributed by atoms with van der Waals surface area (Å²) in [5, 5.41) is 0.882. The van der Waals surface area contributed by atoms with Gasteiger partial charge in [-0.2, -0.15) is 0 Å². The van der Waals surface area contributed by atoms with Gasteiger partial charge in [-0.15, -0.1) is 0 Å². The highest BCUT2D eigenvalue weighted by Gasteiger charge is 2.13. The number of benzene rings is 2. The second kappa shape index (κ2) is 5.90. The first-order chi connectivity index (χ1) is 12.2. The van der Waals surface area contributed by atoms with Crippen LogP contribution in [0.4, 0.5) is 0 Å². The fraction of sp³-hybridized carbons (Fsp3) is 0.105. The number of nitrogens with zero attached hydrogens (tertiary/aromatic N) is 3. The first-order valence-corrected chi connectivity index (χ1v) is 7.84. The van der Waals surface area contributed by atoms with E-state index in [1.165, 1.54) is 0 Å². The molecule has 0 fully saturated rings. The number of fused-ring (bicyclic) bond motifs is 2. The summed E-state index contributed by atoms with van der Waals surface area (Å²) in [4.78, 5) is 21.5. The predicted octanol–water partition coefficient (Wildman–Crippen LogP) is 3.29. The molecule has 0 spiro atoms. The van der Waals surface area contributed by atoms with E-state index in [0.717, 1.165) is 27.7 Å². The SMILES string of the molecule is COc1ccc2cc(C(=O)Nn3cnc4ccccc43)c(C)nc2c1. The Morgan fingerprint density at radius 2 is 1.96 bits per heavy atom. The molecule has 0 radical (unpaired) electrons. The fourth-order valence-corrected chi connectivity index (χ4v) is 2.82. The number of methoxy groups -OCH3 is 1. The highest BCUT2D eigenvalue weighted by Crippen LogP contribution is 2.22. The van der Waals surface area contributed by atoms with Crippen molar-refractivity contribution < 1.29 is 9.53 Å². The summed E-state index contributed by atoms with van der Waals surface area (Å²) in [5.74, 6) is 0.507. The lowest BCUT2D eigenvalue weighted by atomic mass is 10.1. The van der Waals surface area contributed by atoms with Crippen LogP contribution in [-0.4, -0.2) is 27.7 Å². The largest absolute Gasteiger partial charge is 0.497 e. The summed E-state index contributed by atoms with van der Waals surface area (Å²) in [6.07, 6.45) is 1.59. The second-order valence-electron chi connectivity index (χ2n) is 5.72. The summed E-state index contributed by atoms with van der Waals surface area (Å²) in [7, 11) is 1.62. The highest BCUT2D eigenvalue weighted by atomic mass is 16.5. The minimum Gasteiger partial charge on any atom is -0.497 e. The number of hydrogen-bond acceptors (Lipinski definition) is 4.